The van der Waals surface area contributed by atoms with Gasteiger partial charge in [0.15, 0.2) is 0 Å². The lowest BCUT2D eigenvalue weighted by molar-refractivity contribution is 0.294. The second-order valence-electron chi connectivity index (χ2n) is 5.43. The van der Waals surface area contributed by atoms with Crippen LogP contribution < -0.4 is 15.9 Å². The summed E-state index contributed by atoms with van der Waals surface area (Å²) in [5.74, 6) is 0. The first-order valence-electron chi connectivity index (χ1n) is 7.60. The van der Waals surface area contributed by atoms with Crippen molar-refractivity contribution in [3.8, 4) is 0 Å². The highest BCUT2D eigenvalue weighted by atomic mass is 79.9. The number of halogens is 1. The van der Waals surface area contributed by atoms with E-state index in [1.807, 2.05) is 18.2 Å². The summed E-state index contributed by atoms with van der Waals surface area (Å²) in [4.78, 5) is 0. The molecular formula is C20H19BrOP+. The summed E-state index contributed by atoms with van der Waals surface area (Å²) < 4.78 is 0. The van der Waals surface area contributed by atoms with Gasteiger partial charge in [0.2, 0.25) is 0 Å². The molecule has 1 unspecified atom stereocenters. The minimum atomic E-state index is -1.91. The van der Waals surface area contributed by atoms with Crippen molar-refractivity contribution in [2.75, 3.05) is 6.16 Å². The van der Waals surface area contributed by atoms with E-state index >= 15 is 0 Å². The van der Waals surface area contributed by atoms with Gasteiger partial charge in [-0.05, 0) is 36.4 Å². The molecule has 0 radical (unpaired) electrons. The molecule has 0 aliphatic rings. The number of hydrogen-bond acceptors (Lipinski definition) is 1. The Morgan fingerprint density at radius 2 is 0.957 bits per heavy atom. The van der Waals surface area contributed by atoms with E-state index in [2.05, 4.69) is 88.7 Å². The Morgan fingerprint density at radius 3 is 1.22 bits per heavy atom. The van der Waals surface area contributed by atoms with Crippen molar-refractivity contribution in [2.24, 2.45) is 0 Å². The van der Waals surface area contributed by atoms with Crippen molar-refractivity contribution in [1.29, 1.82) is 0 Å². The summed E-state index contributed by atoms with van der Waals surface area (Å²) in [6.07, 6.45) is 0.672. The predicted octanol–water partition coefficient (Wildman–Crippen LogP) is 3.69. The molecule has 0 amide bonds. The SMILES string of the molecule is OC(Br)C[P+](c1ccccc1)(c1ccccc1)c1ccccc1. The number of aliphatic hydroxyl groups is 1. The minimum absolute atomic E-state index is 0.545. The van der Waals surface area contributed by atoms with Crippen LogP contribution in [0.4, 0.5) is 0 Å². The molecule has 116 valence electrons. The fourth-order valence-corrected chi connectivity index (χ4v) is 8.36. The predicted molar refractivity (Wildman–Crippen MR) is 105 cm³/mol. The molecular weight excluding hydrogens is 367 g/mol. The molecule has 3 aromatic carbocycles. The molecule has 0 aromatic heterocycles. The lowest BCUT2D eigenvalue weighted by atomic mass is 10.4. The van der Waals surface area contributed by atoms with Crippen LogP contribution in [0.3, 0.4) is 0 Å². The zero-order chi connectivity index (χ0) is 16.1. The maximum Gasteiger partial charge on any atom is 0.143 e. The van der Waals surface area contributed by atoms with Gasteiger partial charge in [-0.3, -0.25) is 0 Å². The summed E-state index contributed by atoms with van der Waals surface area (Å²) in [5.41, 5.74) is 0. The Morgan fingerprint density at radius 1 is 0.652 bits per heavy atom. The van der Waals surface area contributed by atoms with E-state index in [9.17, 15) is 5.11 Å². The highest BCUT2D eigenvalue weighted by Crippen LogP contribution is 2.56. The third-order valence-electron chi connectivity index (χ3n) is 4.02. The second kappa shape index (κ2) is 7.40. The van der Waals surface area contributed by atoms with Crippen LogP contribution in [0.25, 0.3) is 0 Å². The van der Waals surface area contributed by atoms with Crippen LogP contribution in [0.2, 0.25) is 0 Å². The van der Waals surface area contributed by atoms with Crippen LogP contribution in [-0.4, -0.2) is 16.3 Å². The smallest absolute Gasteiger partial charge is 0.143 e. The van der Waals surface area contributed by atoms with E-state index in [1.54, 1.807) is 0 Å². The van der Waals surface area contributed by atoms with Gasteiger partial charge in [0.1, 0.15) is 34.4 Å². The van der Waals surface area contributed by atoms with Crippen LogP contribution in [0, 0.1) is 0 Å². The van der Waals surface area contributed by atoms with Gasteiger partial charge in [-0.2, -0.15) is 0 Å². The Balaban J connectivity index is 2.30. The zero-order valence-corrected chi connectivity index (χ0v) is 15.2. The molecule has 3 rings (SSSR count). The molecule has 0 aliphatic carbocycles. The summed E-state index contributed by atoms with van der Waals surface area (Å²) in [6.45, 7) is 0. The maximum atomic E-state index is 10.2. The van der Waals surface area contributed by atoms with Gasteiger partial charge in [-0.1, -0.05) is 70.5 Å². The molecule has 1 nitrogen and oxygen atoms in total. The summed E-state index contributed by atoms with van der Waals surface area (Å²) in [7, 11) is -1.91. The van der Waals surface area contributed by atoms with E-state index < -0.39 is 12.3 Å². The Kier molecular flexibility index (Phi) is 5.27. The number of rotatable bonds is 5. The topological polar surface area (TPSA) is 20.2 Å². The molecule has 1 N–H and O–H groups in total. The van der Waals surface area contributed by atoms with Gasteiger partial charge in [-0.25, -0.2) is 0 Å². The number of alkyl halides is 1. The molecule has 0 aliphatic heterocycles. The minimum Gasteiger partial charge on any atom is -0.378 e. The lowest BCUT2D eigenvalue weighted by Crippen LogP contribution is -2.35. The van der Waals surface area contributed by atoms with Crippen molar-refractivity contribution in [2.45, 2.75) is 5.01 Å². The maximum absolute atomic E-state index is 10.2. The molecule has 3 aromatic rings. The van der Waals surface area contributed by atoms with Gasteiger partial charge >= 0.3 is 0 Å². The van der Waals surface area contributed by atoms with Crippen LogP contribution in [-0.2, 0) is 0 Å². The number of aliphatic hydroxyl groups excluding tert-OH is 1. The third-order valence-corrected chi connectivity index (χ3v) is 9.27. The molecule has 0 heterocycles. The number of benzene rings is 3. The van der Waals surface area contributed by atoms with Gasteiger partial charge < -0.3 is 5.11 Å². The first-order chi connectivity index (χ1) is 11.2. The highest BCUT2D eigenvalue weighted by Gasteiger charge is 2.46. The molecule has 23 heavy (non-hydrogen) atoms. The second-order valence-corrected chi connectivity index (χ2v) is 10.0. The van der Waals surface area contributed by atoms with Crippen LogP contribution in [0.5, 0.6) is 0 Å². The van der Waals surface area contributed by atoms with Crippen LogP contribution in [0.1, 0.15) is 0 Å². The molecule has 0 bridgehead atoms. The Bertz CT molecular complexity index is 633. The molecule has 0 spiro atoms. The van der Waals surface area contributed by atoms with Gasteiger partial charge in [-0.15, -0.1) is 0 Å². The average molecular weight is 386 g/mol. The van der Waals surface area contributed by atoms with Gasteiger partial charge in [0.25, 0.3) is 0 Å². The summed E-state index contributed by atoms with van der Waals surface area (Å²) in [5, 5.41) is 13.5. The number of hydrogen-bond donors (Lipinski definition) is 1. The molecule has 1 atom stereocenters. The van der Waals surface area contributed by atoms with Crippen molar-refractivity contribution in [3.05, 3.63) is 91.0 Å². The van der Waals surface area contributed by atoms with E-state index in [1.165, 1.54) is 15.9 Å². The van der Waals surface area contributed by atoms with Crippen molar-refractivity contribution >= 4 is 39.1 Å². The molecule has 0 saturated heterocycles. The van der Waals surface area contributed by atoms with E-state index in [0.29, 0.717) is 6.16 Å². The standard InChI is InChI=1S/C20H19BrOP/c21-20(22)16-23(17-10-4-1-5-11-17,18-12-6-2-7-13-18)19-14-8-3-9-15-19/h1-15,20,22H,16H2/q+1. The first kappa shape index (κ1) is 16.4. The third kappa shape index (κ3) is 3.40. The van der Waals surface area contributed by atoms with Crippen LogP contribution in [0.15, 0.2) is 91.0 Å². The summed E-state index contributed by atoms with van der Waals surface area (Å²) >= 11 is 3.39. The van der Waals surface area contributed by atoms with Crippen molar-refractivity contribution < 1.29 is 5.11 Å². The largest absolute Gasteiger partial charge is 0.378 e. The zero-order valence-electron chi connectivity index (χ0n) is 12.7. The Labute approximate surface area is 146 Å². The molecule has 0 saturated carbocycles. The molecule has 0 fully saturated rings. The quantitative estimate of drug-likeness (QED) is 0.524. The van der Waals surface area contributed by atoms with Crippen LogP contribution >= 0.6 is 23.2 Å². The average Bonchev–Trinajstić information content (AvgIpc) is 2.62. The van der Waals surface area contributed by atoms with E-state index in [4.69, 9.17) is 0 Å². The highest BCUT2D eigenvalue weighted by molar-refractivity contribution is 9.09. The molecule has 3 heteroatoms. The van der Waals surface area contributed by atoms with Gasteiger partial charge in [0.05, 0.1) is 0 Å². The summed E-state index contributed by atoms with van der Waals surface area (Å²) in [6, 6.07) is 31.7. The van der Waals surface area contributed by atoms with E-state index in [0.717, 1.165) is 0 Å². The van der Waals surface area contributed by atoms with E-state index in [-0.39, 0.29) is 0 Å². The monoisotopic (exact) mass is 385 g/mol. The fourth-order valence-electron chi connectivity index (χ4n) is 3.04. The van der Waals surface area contributed by atoms with Gasteiger partial charge in [0, 0.05) is 0 Å². The Hall–Kier alpha value is -1.47. The fraction of sp³-hybridized carbons (Fsp3) is 0.100. The van der Waals surface area contributed by atoms with Crippen molar-refractivity contribution in [3.63, 3.8) is 0 Å². The normalized spacial score (nSPS) is 12.8. The van der Waals surface area contributed by atoms with Crippen molar-refractivity contribution in [1.82, 2.24) is 0 Å². The lowest BCUT2D eigenvalue weighted by Gasteiger charge is -2.28. The first-order valence-corrected chi connectivity index (χ1v) is 10.5.